The largest absolute Gasteiger partial charge is 0.480 e. The predicted octanol–water partition coefficient (Wildman–Crippen LogP) is 2.93. The summed E-state index contributed by atoms with van der Waals surface area (Å²) in [5, 5.41) is 11.6. The minimum atomic E-state index is -1.04. The van der Waals surface area contributed by atoms with Crippen LogP contribution >= 0.6 is 0 Å². The predicted molar refractivity (Wildman–Crippen MR) is 77.9 cm³/mol. The van der Waals surface area contributed by atoms with E-state index in [-0.39, 0.29) is 5.76 Å². The molecule has 0 radical (unpaired) electrons. The van der Waals surface area contributed by atoms with E-state index in [1.165, 1.54) is 6.26 Å². The van der Waals surface area contributed by atoms with Gasteiger partial charge in [0.2, 0.25) is 0 Å². The van der Waals surface area contributed by atoms with Crippen molar-refractivity contribution in [3.8, 4) is 11.1 Å². The Balaban J connectivity index is 2.21. The Morgan fingerprint density at radius 2 is 1.95 bits per heavy atom. The molecule has 0 spiro atoms. The summed E-state index contributed by atoms with van der Waals surface area (Å²) in [4.78, 5) is 23.3. The summed E-state index contributed by atoms with van der Waals surface area (Å²) in [5.74, 6) is -1.43. The fraction of sp³-hybridized carbons (Fsp3) is 0.250. The van der Waals surface area contributed by atoms with Crippen LogP contribution in [0.1, 0.15) is 30.3 Å². The molecule has 0 aliphatic rings. The zero-order valence-corrected chi connectivity index (χ0v) is 11.7. The van der Waals surface area contributed by atoms with Gasteiger partial charge in [-0.05, 0) is 18.1 Å². The minimum Gasteiger partial charge on any atom is -0.480 e. The molecular formula is C16H17NO4. The van der Waals surface area contributed by atoms with Crippen molar-refractivity contribution < 1.29 is 19.1 Å². The van der Waals surface area contributed by atoms with Crippen LogP contribution < -0.4 is 5.32 Å². The van der Waals surface area contributed by atoms with E-state index in [0.717, 1.165) is 5.56 Å². The van der Waals surface area contributed by atoms with Crippen molar-refractivity contribution >= 4 is 11.9 Å². The van der Waals surface area contributed by atoms with Gasteiger partial charge in [-0.3, -0.25) is 4.79 Å². The maximum absolute atomic E-state index is 12.2. The van der Waals surface area contributed by atoms with E-state index in [2.05, 4.69) is 5.32 Å². The Kier molecular flexibility index (Phi) is 4.77. The molecule has 2 aromatic rings. The van der Waals surface area contributed by atoms with Gasteiger partial charge in [0, 0.05) is 5.56 Å². The molecule has 110 valence electrons. The van der Waals surface area contributed by atoms with Gasteiger partial charge in [0.1, 0.15) is 6.04 Å². The number of hydrogen-bond acceptors (Lipinski definition) is 3. The number of aliphatic carboxylic acids is 1. The van der Waals surface area contributed by atoms with Crippen molar-refractivity contribution in [2.24, 2.45) is 0 Å². The number of carbonyl (C=O) groups excluding carboxylic acids is 1. The lowest BCUT2D eigenvalue weighted by Crippen LogP contribution is -2.40. The van der Waals surface area contributed by atoms with Crippen molar-refractivity contribution in [2.45, 2.75) is 25.8 Å². The van der Waals surface area contributed by atoms with Crippen LogP contribution in [0.3, 0.4) is 0 Å². The Bertz CT molecular complexity index is 618. The summed E-state index contributed by atoms with van der Waals surface area (Å²) in [6, 6.07) is 10.1. The first-order valence-electron chi connectivity index (χ1n) is 6.80. The average Bonchev–Trinajstić information content (AvgIpc) is 2.97. The van der Waals surface area contributed by atoms with E-state index in [1.54, 1.807) is 6.07 Å². The third kappa shape index (κ3) is 3.51. The van der Waals surface area contributed by atoms with Gasteiger partial charge in [-0.25, -0.2) is 4.79 Å². The van der Waals surface area contributed by atoms with Crippen LogP contribution in [-0.2, 0) is 4.79 Å². The lowest BCUT2D eigenvalue weighted by atomic mass is 10.1. The molecule has 1 amide bonds. The van der Waals surface area contributed by atoms with E-state index < -0.39 is 17.9 Å². The monoisotopic (exact) mass is 287 g/mol. The molecule has 0 aliphatic heterocycles. The molecule has 5 nitrogen and oxygen atoms in total. The number of hydrogen-bond donors (Lipinski definition) is 2. The second-order valence-corrected chi connectivity index (χ2v) is 4.68. The summed E-state index contributed by atoms with van der Waals surface area (Å²) in [6.07, 6.45) is 2.47. The number of amides is 1. The first-order chi connectivity index (χ1) is 10.1. The number of furan rings is 1. The van der Waals surface area contributed by atoms with Crippen LogP contribution in [0.2, 0.25) is 0 Å². The van der Waals surface area contributed by atoms with Gasteiger partial charge in [-0.1, -0.05) is 43.7 Å². The van der Waals surface area contributed by atoms with Gasteiger partial charge in [0.25, 0.3) is 5.91 Å². The topological polar surface area (TPSA) is 79.5 Å². The van der Waals surface area contributed by atoms with Crippen LogP contribution in [0.5, 0.6) is 0 Å². The van der Waals surface area contributed by atoms with Gasteiger partial charge in [-0.15, -0.1) is 0 Å². The first kappa shape index (κ1) is 14.8. The SMILES string of the molecule is CCC[C@@H](NC(=O)c1occc1-c1ccccc1)C(=O)O. The number of carbonyl (C=O) groups is 2. The van der Waals surface area contributed by atoms with E-state index in [9.17, 15) is 9.59 Å². The summed E-state index contributed by atoms with van der Waals surface area (Å²) in [7, 11) is 0. The second-order valence-electron chi connectivity index (χ2n) is 4.68. The van der Waals surface area contributed by atoms with Crippen molar-refractivity contribution in [3.63, 3.8) is 0 Å². The fourth-order valence-electron chi connectivity index (χ4n) is 2.10. The average molecular weight is 287 g/mol. The van der Waals surface area contributed by atoms with E-state index in [4.69, 9.17) is 9.52 Å². The molecule has 0 bridgehead atoms. The van der Waals surface area contributed by atoms with Crippen LogP contribution in [0.4, 0.5) is 0 Å². The lowest BCUT2D eigenvalue weighted by Gasteiger charge is -2.13. The zero-order chi connectivity index (χ0) is 15.2. The molecule has 0 fully saturated rings. The molecular weight excluding hydrogens is 270 g/mol. The molecule has 1 aromatic heterocycles. The van der Waals surface area contributed by atoms with Crippen LogP contribution in [-0.4, -0.2) is 23.0 Å². The van der Waals surface area contributed by atoms with Crippen molar-refractivity contribution in [3.05, 3.63) is 48.4 Å². The number of benzene rings is 1. The lowest BCUT2D eigenvalue weighted by molar-refractivity contribution is -0.139. The minimum absolute atomic E-state index is 0.128. The van der Waals surface area contributed by atoms with Gasteiger partial charge in [-0.2, -0.15) is 0 Å². The van der Waals surface area contributed by atoms with Crippen LogP contribution in [0, 0.1) is 0 Å². The molecule has 0 aliphatic carbocycles. The molecule has 0 unspecified atom stereocenters. The smallest absolute Gasteiger partial charge is 0.326 e. The number of rotatable bonds is 6. The van der Waals surface area contributed by atoms with E-state index in [0.29, 0.717) is 18.4 Å². The van der Waals surface area contributed by atoms with Crippen LogP contribution in [0.25, 0.3) is 11.1 Å². The van der Waals surface area contributed by atoms with Gasteiger partial charge in [0.15, 0.2) is 5.76 Å². The highest BCUT2D eigenvalue weighted by Gasteiger charge is 2.23. The van der Waals surface area contributed by atoms with Gasteiger partial charge in [0.05, 0.1) is 6.26 Å². The van der Waals surface area contributed by atoms with Crippen molar-refractivity contribution in [1.82, 2.24) is 5.32 Å². The Hall–Kier alpha value is -2.56. The molecule has 1 atom stereocenters. The molecule has 1 heterocycles. The summed E-state index contributed by atoms with van der Waals surface area (Å²) < 4.78 is 5.23. The standard InChI is InChI=1S/C16H17NO4/c1-2-6-13(16(19)20)17-15(18)14-12(9-10-21-14)11-7-4-3-5-8-11/h3-5,7-10,13H,2,6H2,1H3,(H,17,18)(H,19,20)/t13-/m1/s1. The third-order valence-electron chi connectivity index (χ3n) is 3.14. The zero-order valence-electron chi connectivity index (χ0n) is 11.7. The Morgan fingerprint density at radius 3 is 2.57 bits per heavy atom. The molecule has 1 aromatic carbocycles. The molecule has 0 saturated heterocycles. The maximum atomic E-state index is 12.2. The summed E-state index contributed by atoms with van der Waals surface area (Å²) >= 11 is 0. The summed E-state index contributed by atoms with van der Waals surface area (Å²) in [5.41, 5.74) is 1.49. The van der Waals surface area contributed by atoms with Crippen LogP contribution in [0.15, 0.2) is 47.1 Å². The number of carboxylic acids is 1. The molecule has 2 N–H and O–H groups in total. The van der Waals surface area contributed by atoms with Gasteiger partial charge >= 0.3 is 5.97 Å². The van der Waals surface area contributed by atoms with E-state index >= 15 is 0 Å². The maximum Gasteiger partial charge on any atom is 0.326 e. The molecule has 5 heteroatoms. The summed E-state index contributed by atoms with van der Waals surface area (Å²) in [6.45, 7) is 1.87. The second kappa shape index (κ2) is 6.74. The third-order valence-corrected chi connectivity index (χ3v) is 3.14. The number of carboxylic acid groups (broad SMARTS) is 1. The highest BCUT2D eigenvalue weighted by Crippen LogP contribution is 2.24. The van der Waals surface area contributed by atoms with Crippen molar-refractivity contribution in [2.75, 3.05) is 0 Å². The Morgan fingerprint density at radius 1 is 1.24 bits per heavy atom. The first-order valence-corrected chi connectivity index (χ1v) is 6.80. The molecule has 0 saturated carbocycles. The molecule has 2 rings (SSSR count). The highest BCUT2D eigenvalue weighted by molar-refractivity contribution is 5.99. The quantitative estimate of drug-likeness (QED) is 0.856. The van der Waals surface area contributed by atoms with Crippen molar-refractivity contribution in [1.29, 1.82) is 0 Å². The van der Waals surface area contributed by atoms with E-state index in [1.807, 2.05) is 37.3 Å². The highest BCUT2D eigenvalue weighted by atomic mass is 16.4. The fourth-order valence-corrected chi connectivity index (χ4v) is 2.10. The Labute approximate surface area is 122 Å². The molecule has 21 heavy (non-hydrogen) atoms. The van der Waals surface area contributed by atoms with Gasteiger partial charge < -0.3 is 14.8 Å². The normalized spacial score (nSPS) is 11.9. The number of nitrogens with one attached hydrogen (secondary N) is 1.